The Bertz CT molecular complexity index is 1490. The highest BCUT2D eigenvalue weighted by Crippen LogP contribution is 2.22. The maximum Gasteiger partial charge on any atom is 0.279 e. The third-order valence-electron chi connectivity index (χ3n) is 5.71. The summed E-state index contributed by atoms with van der Waals surface area (Å²) >= 11 is 1.47. The number of sulfonamides is 1. The highest BCUT2D eigenvalue weighted by atomic mass is 32.2. The SMILES string of the molecule is CCN(Cc1ccccc1)S(=O)(=O)c1ccc(C(=O)N=c2sc3cccc(C)c3n2CC)cc1. The summed E-state index contributed by atoms with van der Waals surface area (Å²) in [5.74, 6) is -0.396. The van der Waals surface area contributed by atoms with Gasteiger partial charge in [-0.1, -0.05) is 60.7 Å². The van der Waals surface area contributed by atoms with Crippen LogP contribution in [0.3, 0.4) is 0 Å². The largest absolute Gasteiger partial charge is 0.316 e. The van der Waals surface area contributed by atoms with Crippen LogP contribution in [0.15, 0.2) is 82.7 Å². The Hall–Kier alpha value is -3.07. The highest BCUT2D eigenvalue weighted by molar-refractivity contribution is 7.89. The molecule has 4 aromatic rings. The first-order chi connectivity index (χ1) is 16.3. The monoisotopic (exact) mass is 493 g/mol. The molecule has 0 fully saturated rings. The van der Waals surface area contributed by atoms with E-state index in [0.29, 0.717) is 23.5 Å². The first kappa shape index (κ1) is 24.1. The third kappa shape index (κ3) is 4.75. The number of amides is 1. The molecule has 0 radical (unpaired) electrons. The number of carbonyl (C=O) groups excluding carboxylic acids is 1. The van der Waals surface area contributed by atoms with Crippen molar-refractivity contribution in [2.45, 2.75) is 38.8 Å². The minimum absolute atomic E-state index is 0.156. The number of carbonyl (C=O) groups is 1. The maximum atomic E-state index is 13.2. The summed E-state index contributed by atoms with van der Waals surface area (Å²) in [6.07, 6.45) is 0. The van der Waals surface area contributed by atoms with Gasteiger partial charge in [0.15, 0.2) is 4.80 Å². The van der Waals surface area contributed by atoms with E-state index in [1.165, 1.54) is 39.9 Å². The summed E-state index contributed by atoms with van der Waals surface area (Å²) in [6.45, 7) is 7.21. The highest BCUT2D eigenvalue weighted by Gasteiger charge is 2.23. The number of aromatic nitrogens is 1. The summed E-state index contributed by atoms with van der Waals surface area (Å²) in [5.41, 5.74) is 3.49. The van der Waals surface area contributed by atoms with Gasteiger partial charge in [0.2, 0.25) is 10.0 Å². The molecule has 0 bridgehead atoms. The molecular formula is C26H27N3O3S2. The van der Waals surface area contributed by atoms with Crippen LogP contribution >= 0.6 is 11.3 Å². The molecule has 34 heavy (non-hydrogen) atoms. The lowest BCUT2D eigenvalue weighted by molar-refractivity contribution is 0.0997. The minimum atomic E-state index is -3.69. The van der Waals surface area contributed by atoms with Crippen molar-refractivity contribution in [2.24, 2.45) is 4.99 Å². The minimum Gasteiger partial charge on any atom is -0.316 e. The Morgan fingerprint density at radius 3 is 2.32 bits per heavy atom. The molecule has 1 aromatic heterocycles. The zero-order chi connectivity index (χ0) is 24.3. The van der Waals surface area contributed by atoms with E-state index in [2.05, 4.69) is 4.99 Å². The second-order valence-electron chi connectivity index (χ2n) is 7.91. The molecule has 8 heteroatoms. The molecule has 1 heterocycles. The molecule has 0 atom stereocenters. The molecule has 4 rings (SSSR count). The molecule has 0 aliphatic carbocycles. The van der Waals surface area contributed by atoms with Gasteiger partial charge in [-0.05, 0) is 55.3 Å². The van der Waals surface area contributed by atoms with Gasteiger partial charge in [-0.15, -0.1) is 0 Å². The summed E-state index contributed by atoms with van der Waals surface area (Å²) < 4.78 is 30.9. The van der Waals surface area contributed by atoms with Crippen LogP contribution in [-0.4, -0.2) is 29.7 Å². The van der Waals surface area contributed by atoms with Gasteiger partial charge in [0.1, 0.15) is 0 Å². The predicted molar refractivity (Wildman–Crippen MR) is 136 cm³/mol. The predicted octanol–water partition coefficient (Wildman–Crippen LogP) is 4.98. The smallest absolute Gasteiger partial charge is 0.279 e. The van der Waals surface area contributed by atoms with Crippen molar-refractivity contribution in [3.63, 3.8) is 0 Å². The number of nitrogens with zero attached hydrogens (tertiary/aromatic N) is 3. The summed E-state index contributed by atoms with van der Waals surface area (Å²) in [5, 5.41) is 0. The molecule has 1 amide bonds. The van der Waals surface area contributed by atoms with Crippen LogP contribution in [0.25, 0.3) is 10.2 Å². The van der Waals surface area contributed by atoms with Gasteiger partial charge in [-0.2, -0.15) is 9.30 Å². The first-order valence-electron chi connectivity index (χ1n) is 11.2. The van der Waals surface area contributed by atoms with Crippen molar-refractivity contribution in [1.82, 2.24) is 8.87 Å². The molecule has 0 aliphatic heterocycles. The quantitative estimate of drug-likeness (QED) is 0.364. The van der Waals surface area contributed by atoms with E-state index >= 15 is 0 Å². The molecule has 6 nitrogen and oxygen atoms in total. The van der Waals surface area contributed by atoms with Crippen molar-refractivity contribution in [3.05, 3.63) is 94.3 Å². The topological polar surface area (TPSA) is 71.7 Å². The summed E-state index contributed by atoms with van der Waals surface area (Å²) in [6, 6.07) is 21.6. The lowest BCUT2D eigenvalue weighted by Gasteiger charge is -2.20. The van der Waals surface area contributed by atoms with Gasteiger partial charge < -0.3 is 4.57 Å². The van der Waals surface area contributed by atoms with Crippen LogP contribution in [0, 0.1) is 6.92 Å². The molecule has 0 N–H and O–H groups in total. The molecule has 0 unspecified atom stereocenters. The standard InChI is InChI=1S/C26H27N3O3S2/c1-4-28(18-20-11-7-6-8-12-20)34(31,32)22-16-14-21(15-17-22)25(30)27-26-29(5-2)24-19(3)10-9-13-23(24)33-26/h6-17H,4-5,18H2,1-3H3. The fourth-order valence-corrected chi connectivity index (χ4v) is 6.52. The van der Waals surface area contributed by atoms with Crippen molar-refractivity contribution in [3.8, 4) is 0 Å². The molecule has 0 saturated carbocycles. The van der Waals surface area contributed by atoms with Crippen LogP contribution in [-0.2, 0) is 23.1 Å². The van der Waals surface area contributed by atoms with Crippen molar-refractivity contribution < 1.29 is 13.2 Å². The molecule has 0 spiro atoms. The van der Waals surface area contributed by atoms with E-state index in [9.17, 15) is 13.2 Å². The Kier molecular flexibility index (Phi) is 7.11. The Morgan fingerprint density at radius 2 is 1.68 bits per heavy atom. The van der Waals surface area contributed by atoms with Crippen LogP contribution in [0.5, 0.6) is 0 Å². The lowest BCUT2D eigenvalue weighted by atomic mass is 10.2. The zero-order valence-electron chi connectivity index (χ0n) is 19.4. The number of aryl methyl sites for hydroxylation is 2. The van der Waals surface area contributed by atoms with Gasteiger partial charge in [0.25, 0.3) is 5.91 Å². The second-order valence-corrected chi connectivity index (χ2v) is 10.9. The molecule has 0 saturated heterocycles. The van der Waals surface area contributed by atoms with Gasteiger partial charge in [-0.3, -0.25) is 4.79 Å². The summed E-state index contributed by atoms with van der Waals surface area (Å²) in [4.78, 5) is 18.1. The fraction of sp³-hybridized carbons (Fsp3) is 0.231. The number of fused-ring (bicyclic) bond motifs is 1. The average Bonchev–Trinajstić information content (AvgIpc) is 3.21. The number of hydrogen-bond donors (Lipinski definition) is 0. The van der Waals surface area contributed by atoms with Gasteiger partial charge in [-0.25, -0.2) is 8.42 Å². The van der Waals surface area contributed by atoms with Crippen LogP contribution in [0.2, 0.25) is 0 Å². The zero-order valence-corrected chi connectivity index (χ0v) is 21.1. The van der Waals surface area contributed by atoms with Crippen LogP contribution in [0.4, 0.5) is 0 Å². The van der Waals surface area contributed by atoms with Gasteiger partial charge in [0, 0.05) is 25.2 Å². The number of benzene rings is 3. The van der Waals surface area contributed by atoms with E-state index in [1.807, 2.05) is 73.9 Å². The second kappa shape index (κ2) is 10.0. The van der Waals surface area contributed by atoms with Gasteiger partial charge >= 0.3 is 0 Å². The molecular weight excluding hydrogens is 466 g/mol. The Labute approximate surface area is 203 Å². The van der Waals surface area contributed by atoms with E-state index in [1.54, 1.807) is 0 Å². The molecule has 0 aliphatic rings. The fourth-order valence-electron chi connectivity index (χ4n) is 3.91. The number of para-hydroxylation sites is 1. The number of hydrogen-bond acceptors (Lipinski definition) is 4. The molecule has 176 valence electrons. The Balaban J connectivity index is 1.62. The number of rotatable bonds is 7. The van der Waals surface area contributed by atoms with Gasteiger partial charge in [0.05, 0.1) is 15.1 Å². The average molecular weight is 494 g/mol. The van der Waals surface area contributed by atoms with Crippen LogP contribution < -0.4 is 4.80 Å². The van der Waals surface area contributed by atoms with Crippen molar-refractivity contribution in [1.29, 1.82) is 0 Å². The molecule has 3 aromatic carbocycles. The van der Waals surface area contributed by atoms with E-state index in [-0.39, 0.29) is 11.4 Å². The lowest BCUT2D eigenvalue weighted by Crippen LogP contribution is -2.30. The summed E-state index contributed by atoms with van der Waals surface area (Å²) in [7, 11) is -3.69. The van der Waals surface area contributed by atoms with E-state index < -0.39 is 15.9 Å². The van der Waals surface area contributed by atoms with Crippen molar-refractivity contribution >= 4 is 37.5 Å². The maximum absolute atomic E-state index is 13.2. The van der Waals surface area contributed by atoms with Crippen LogP contribution in [0.1, 0.15) is 35.3 Å². The Morgan fingerprint density at radius 1 is 0.971 bits per heavy atom. The number of thiazole rings is 1. The third-order valence-corrected chi connectivity index (χ3v) is 8.69. The normalized spacial score (nSPS) is 12.5. The van der Waals surface area contributed by atoms with E-state index in [0.717, 1.165) is 21.3 Å². The van der Waals surface area contributed by atoms with E-state index in [4.69, 9.17) is 0 Å². The first-order valence-corrected chi connectivity index (χ1v) is 13.4. The van der Waals surface area contributed by atoms with Crippen molar-refractivity contribution in [2.75, 3.05) is 6.54 Å².